The largest absolute Gasteiger partial charge is 0.338 e. The van der Waals surface area contributed by atoms with E-state index >= 15 is 0 Å². The van der Waals surface area contributed by atoms with Crippen molar-refractivity contribution in [3.63, 3.8) is 0 Å². The highest BCUT2D eigenvalue weighted by Crippen LogP contribution is 2.19. The van der Waals surface area contributed by atoms with Crippen molar-refractivity contribution >= 4 is 17.3 Å². The molecule has 6 nitrogen and oxygen atoms in total. The Morgan fingerprint density at radius 1 is 1.53 bits per heavy atom. The van der Waals surface area contributed by atoms with Gasteiger partial charge in [-0.2, -0.15) is 0 Å². The van der Waals surface area contributed by atoms with Crippen molar-refractivity contribution in [3.05, 3.63) is 51.3 Å². The first-order chi connectivity index (χ1) is 8.06. The number of imidazole rings is 1. The summed E-state index contributed by atoms with van der Waals surface area (Å²) in [5.41, 5.74) is 0.465. The first-order valence-corrected chi connectivity index (χ1v) is 5.21. The van der Waals surface area contributed by atoms with Gasteiger partial charge in [0.25, 0.3) is 5.69 Å². The molecule has 2 rings (SSSR count). The summed E-state index contributed by atoms with van der Waals surface area (Å²) in [6, 6.07) is 2.63. The third kappa shape index (κ3) is 2.59. The van der Waals surface area contributed by atoms with E-state index in [0.29, 0.717) is 12.1 Å². The van der Waals surface area contributed by atoms with Crippen molar-refractivity contribution < 1.29 is 4.92 Å². The van der Waals surface area contributed by atoms with E-state index in [1.807, 2.05) is 11.6 Å². The number of aromatic nitrogens is 3. The molecule has 2 aromatic rings. The molecule has 0 aliphatic heterocycles. The van der Waals surface area contributed by atoms with Crippen LogP contribution in [0.25, 0.3) is 0 Å². The summed E-state index contributed by atoms with van der Waals surface area (Å²) >= 11 is 5.73. The average molecular weight is 253 g/mol. The quantitative estimate of drug-likeness (QED) is 0.475. The smallest absolute Gasteiger partial charge is 0.274 e. The molecule has 0 fully saturated rings. The van der Waals surface area contributed by atoms with Crippen LogP contribution in [0.3, 0.4) is 0 Å². The third-order valence-electron chi connectivity index (χ3n) is 2.30. The van der Waals surface area contributed by atoms with Crippen molar-refractivity contribution in [3.8, 4) is 0 Å². The molecule has 0 aromatic carbocycles. The van der Waals surface area contributed by atoms with Gasteiger partial charge in [-0.15, -0.1) is 0 Å². The first kappa shape index (κ1) is 11.5. The summed E-state index contributed by atoms with van der Waals surface area (Å²) in [4.78, 5) is 18.3. The molecule has 0 atom stereocenters. The molecule has 7 heteroatoms. The van der Waals surface area contributed by atoms with Gasteiger partial charge < -0.3 is 4.57 Å². The Labute approximate surface area is 102 Å². The summed E-state index contributed by atoms with van der Waals surface area (Å²) in [6.45, 7) is 0. The Morgan fingerprint density at radius 2 is 2.29 bits per heavy atom. The van der Waals surface area contributed by atoms with Crippen LogP contribution in [0.4, 0.5) is 5.69 Å². The molecule has 0 bridgehead atoms. The van der Waals surface area contributed by atoms with Crippen LogP contribution in [0.15, 0.2) is 24.5 Å². The highest BCUT2D eigenvalue weighted by Gasteiger charge is 2.11. The van der Waals surface area contributed by atoms with E-state index in [-0.39, 0.29) is 10.8 Å². The lowest BCUT2D eigenvalue weighted by molar-refractivity contribution is -0.385. The molecule has 0 unspecified atom stereocenters. The predicted molar refractivity (Wildman–Crippen MR) is 61.9 cm³/mol. The number of hydrogen-bond acceptors (Lipinski definition) is 4. The summed E-state index contributed by atoms with van der Waals surface area (Å²) in [5.74, 6) is 0.772. The van der Waals surface area contributed by atoms with E-state index in [1.165, 1.54) is 12.1 Å². The number of halogens is 1. The van der Waals surface area contributed by atoms with Gasteiger partial charge in [0.2, 0.25) is 0 Å². The lowest BCUT2D eigenvalue weighted by atomic mass is 10.2. The molecule has 0 aliphatic rings. The number of aryl methyl sites for hydroxylation is 1. The molecule has 17 heavy (non-hydrogen) atoms. The number of pyridine rings is 1. The maximum absolute atomic E-state index is 10.7. The first-order valence-electron chi connectivity index (χ1n) is 4.83. The number of rotatable bonds is 3. The molecule has 0 saturated carbocycles. The van der Waals surface area contributed by atoms with Crippen molar-refractivity contribution in [2.75, 3.05) is 0 Å². The van der Waals surface area contributed by atoms with Gasteiger partial charge in [-0.05, 0) is 0 Å². The minimum atomic E-state index is -0.491. The molecule has 88 valence electrons. The topological polar surface area (TPSA) is 73.8 Å². The maximum atomic E-state index is 10.7. The van der Waals surface area contributed by atoms with Gasteiger partial charge in [0.05, 0.1) is 16.7 Å². The normalized spacial score (nSPS) is 10.5. The number of hydrogen-bond donors (Lipinski definition) is 0. The van der Waals surface area contributed by atoms with E-state index in [2.05, 4.69) is 9.97 Å². The van der Waals surface area contributed by atoms with Crippen molar-refractivity contribution in [1.29, 1.82) is 0 Å². The molecule has 2 heterocycles. The standard InChI is InChI=1S/C10H9ClN4O2/c1-14-3-2-12-10(14)5-7-4-8(15(16)17)6-9(11)13-7/h2-4,6H,5H2,1H3. The monoisotopic (exact) mass is 252 g/mol. The maximum Gasteiger partial charge on any atom is 0.274 e. The molecule has 0 saturated heterocycles. The van der Waals surface area contributed by atoms with Crippen LogP contribution in [0.1, 0.15) is 11.5 Å². The average Bonchev–Trinajstić information content (AvgIpc) is 2.63. The second-order valence-corrected chi connectivity index (χ2v) is 3.91. The summed E-state index contributed by atoms with van der Waals surface area (Å²) < 4.78 is 1.83. The Kier molecular flexibility index (Phi) is 3.06. The van der Waals surface area contributed by atoms with Gasteiger partial charge in [0, 0.05) is 31.9 Å². The van der Waals surface area contributed by atoms with Crippen LogP contribution in [0.2, 0.25) is 5.15 Å². The van der Waals surface area contributed by atoms with Crippen LogP contribution in [-0.4, -0.2) is 19.5 Å². The van der Waals surface area contributed by atoms with Gasteiger partial charge in [-0.3, -0.25) is 10.1 Å². The third-order valence-corrected chi connectivity index (χ3v) is 2.50. The predicted octanol–water partition coefficient (Wildman–Crippen LogP) is 1.97. The van der Waals surface area contributed by atoms with Gasteiger partial charge in [-0.25, -0.2) is 9.97 Å². The zero-order chi connectivity index (χ0) is 12.4. The molecule has 0 radical (unpaired) electrons. The summed E-state index contributed by atoms with van der Waals surface area (Å²) in [6.07, 6.45) is 3.87. The summed E-state index contributed by atoms with van der Waals surface area (Å²) in [7, 11) is 1.85. The summed E-state index contributed by atoms with van der Waals surface area (Å²) in [5, 5.41) is 10.8. The van der Waals surface area contributed by atoms with Crippen molar-refractivity contribution in [2.45, 2.75) is 6.42 Å². The van der Waals surface area contributed by atoms with Crippen LogP contribution >= 0.6 is 11.6 Å². The molecular weight excluding hydrogens is 244 g/mol. The van der Waals surface area contributed by atoms with E-state index < -0.39 is 4.92 Å². The fourth-order valence-electron chi connectivity index (χ4n) is 1.46. The number of nitrogens with zero attached hydrogens (tertiary/aromatic N) is 4. The molecule has 0 spiro atoms. The van der Waals surface area contributed by atoms with E-state index in [1.54, 1.807) is 12.4 Å². The Morgan fingerprint density at radius 3 is 2.88 bits per heavy atom. The second kappa shape index (κ2) is 4.50. The van der Waals surface area contributed by atoms with E-state index in [4.69, 9.17) is 11.6 Å². The highest BCUT2D eigenvalue weighted by molar-refractivity contribution is 6.29. The van der Waals surface area contributed by atoms with Crippen molar-refractivity contribution in [1.82, 2.24) is 14.5 Å². The fourth-order valence-corrected chi connectivity index (χ4v) is 1.68. The zero-order valence-corrected chi connectivity index (χ0v) is 9.76. The van der Waals surface area contributed by atoms with Crippen LogP contribution < -0.4 is 0 Å². The molecule has 0 N–H and O–H groups in total. The van der Waals surface area contributed by atoms with Gasteiger partial charge in [0.15, 0.2) is 0 Å². The van der Waals surface area contributed by atoms with Crippen LogP contribution in [0, 0.1) is 10.1 Å². The van der Waals surface area contributed by atoms with Gasteiger partial charge in [-0.1, -0.05) is 11.6 Å². The second-order valence-electron chi connectivity index (χ2n) is 3.53. The SMILES string of the molecule is Cn1ccnc1Cc1cc([N+](=O)[O-])cc(Cl)n1. The number of nitro groups is 1. The zero-order valence-electron chi connectivity index (χ0n) is 9.00. The highest BCUT2D eigenvalue weighted by atomic mass is 35.5. The van der Waals surface area contributed by atoms with Crippen LogP contribution in [-0.2, 0) is 13.5 Å². The fraction of sp³-hybridized carbons (Fsp3) is 0.200. The molecule has 2 aromatic heterocycles. The molecular formula is C10H9ClN4O2. The lowest BCUT2D eigenvalue weighted by Gasteiger charge is -2.02. The minimum absolute atomic E-state index is 0.0609. The molecule has 0 amide bonds. The van der Waals surface area contributed by atoms with E-state index in [0.717, 1.165) is 5.82 Å². The minimum Gasteiger partial charge on any atom is -0.338 e. The van der Waals surface area contributed by atoms with Gasteiger partial charge in [0.1, 0.15) is 11.0 Å². The van der Waals surface area contributed by atoms with E-state index in [9.17, 15) is 10.1 Å². The Balaban J connectivity index is 2.33. The molecule has 0 aliphatic carbocycles. The van der Waals surface area contributed by atoms with Crippen molar-refractivity contribution in [2.24, 2.45) is 7.05 Å². The Bertz CT molecular complexity index is 567. The lowest BCUT2D eigenvalue weighted by Crippen LogP contribution is -2.01. The van der Waals surface area contributed by atoms with Gasteiger partial charge >= 0.3 is 0 Å². The Hall–Kier alpha value is -1.95. The van der Waals surface area contributed by atoms with Crippen LogP contribution in [0.5, 0.6) is 0 Å².